The lowest BCUT2D eigenvalue weighted by Gasteiger charge is -2.21. The first kappa shape index (κ1) is 21.4. The molecule has 3 aromatic rings. The van der Waals surface area contributed by atoms with Crippen LogP contribution in [0.4, 0.5) is 11.4 Å². The van der Waals surface area contributed by atoms with Crippen molar-refractivity contribution in [2.75, 3.05) is 23.3 Å². The maximum absolute atomic E-state index is 12.4. The summed E-state index contributed by atoms with van der Waals surface area (Å²) in [5.74, 6) is -0.0877. The van der Waals surface area contributed by atoms with Gasteiger partial charge in [0, 0.05) is 51.5 Å². The Balaban J connectivity index is 1.61. The number of hydrogen-bond acceptors (Lipinski definition) is 5. The predicted molar refractivity (Wildman–Crippen MR) is 118 cm³/mol. The molecule has 2 heterocycles. The van der Waals surface area contributed by atoms with E-state index in [-0.39, 0.29) is 11.5 Å². The van der Waals surface area contributed by atoms with Crippen molar-refractivity contribution in [2.45, 2.75) is 33.2 Å². The van der Waals surface area contributed by atoms with Gasteiger partial charge in [0.05, 0.1) is 6.33 Å². The lowest BCUT2D eigenvalue weighted by Crippen LogP contribution is -2.37. The van der Waals surface area contributed by atoms with Gasteiger partial charge in [-0.25, -0.2) is 9.78 Å². The standard InChI is InChI=1S/C21H28N6O3/c1-5-26(6-2)16-11-9-15(10-12-16)23-17(28)8-7-13-27-14-22-19-18(27)20(29)25(4)21(30)24(19)3/h9-12,14H,5-8,13H2,1-4H3,(H,23,28). The summed E-state index contributed by atoms with van der Waals surface area (Å²) in [4.78, 5) is 43.2. The molecular weight excluding hydrogens is 384 g/mol. The van der Waals surface area contributed by atoms with Gasteiger partial charge >= 0.3 is 5.69 Å². The number of fused-ring (bicyclic) bond motifs is 1. The summed E-state index contributed by atoms with van der Waals surface area (Å²) in [6.45, 7) is 6.54. The second-order valence-electron chi connectivity index (χ2n) is 7.19. The first-order valence-corrected chi connectivity index (χ1v) is 10.1. The lowest BCUT2D eigenvalue weighted by atomic mass is 10.2. The van der Waals surface area contributed by atoms with Crippen LogP contribution >= 0.6 is 0 Å². The maximum atomic E-state index is 12.4. The van der Waals surface area contributed by atoms with Gasteiger partial charge in [-0.2, -0.15) is 0 Å². The average molecular weight is 412 g/mol. The quantitative estimate of drug-likeness (QED) is 0.608. The number of imidazole rings is 1. The minimum Gasteiger partial charge on any atom is -0.372 e. The Morgan fingerprint density at radius 2 is 1.73 bits per heavy atom. The molecule has 0 fully saturated rings. The third kappa shape index (κ3) is 4.14. The van der Waals surface area contributed by atoms with Gasteiger partial charge in [-0.3, -0.25) is 18.7 Å². The van der Waals surface area contributed by atoms with Crippen LogP contribution < -0.4 is 21.5 Å². The van der Waals surface area contributed by atoms with Crippen molar-refractivity contribution in [1.29, 1.82) is 0 Å². The summed E-state index contributed by atoms with van der Waals surface area (Å²) in [6.07, 6.45) is 2.39. The highest BCUT2D eigenvalue weighted by molar-refractivity contribution is 5.90. The zero-order valence-electron chi connectivity index (χ0n) is 17.9. The molecule has 9 heteroatoms. The molecule has 0 bridgehead atoms. The Kier molecular flexibility index (Phi) is 6.39. The highest BCUT2D eigenvalue weighted by Gasteiger charge is 2.14. The van der Waals surface area contributed by atoms with Crippen molar-refractivity contribution in [2.24, 2.45) is 14.1 Å². The Morgan fingerprint density at radius 3 is 2.37 bits per heavy atom. The van der Waals surface area contributed by atoms with Gasteiger partial charge < -0.3 is 14.8 Å². The number of benzene rings is 1. The number of nitrogens with zero attached hydrogens (tertiary/aromatic N) is 5. The number of aromatic nitrogens is 4. The summed E-state index contributed by atoms with van der Waals surface area (Å²) in [5, 5.41) is 2.90. The van der Waals surface area contributed by atoms with Gasteiger partial charge in [0.1, 0.15) is 0 Å². The number of carbonyl (C=O) groups excluding carboxylic acids is 1. The van der Waals surface area contributed by atoms with E-state index in [0.717, 1.165) is 29.0 Å². The van der Waals surface area contributed by atoms with Crippen molar-refractivity contribution in [1.82, 2.24) is 18.7 Å². The first-order chi connectivity index (χ1) is 14.4. The van der Waals surface area contributed by atoms with E-state index < -0.39 is 5.69 Å². The highest BCUT2D eigenvalue weighted by Crippen LogP contribution is 2.18. The van der Waals surface area contributed by atoms with Crippen LogP contribution in [0, 0.1) is 0 Å². The molecule has 0 atom stereocenters. The van der Waals surface area contributed by atoms with Gasteiger partial charge in [0.15, 0.2) is 11.2 Å². The van der Waals surface area contributed by atoms with Crippen molar-refractivity contribution >= 4 is 28.4 Å². The van der Waals surface area contributed by atoms with E-state index in [1.807, 2.05) is 24.3 Å². The van der Waals surface area contributed by atoms with Crippen molar-refractivity contribution in [3.63, 3.8) is 0 Å². The Morgan fingerprint density at radius 1 is 1.07 bits per heavy atom. The van der Waals surface area contributed by atoms with Gasteiger partial charge in [-0.1, -0.05) is 0 Å². The number of nitrogens with one attached hydrogen (secondary N) is 1. The van der Waals surface area contributed by atoms with Crippen LogP contribution in [0.5, 0.6) is 0 Å². The normalized spacial score (nSPS) is 11.1. The van der Waals surface area contributed by atoms with Crippen LogP contribution in [0.2, 0.25) is 0 Å². The lowest BCUT2D eigenvalue weighted by molar-refractivity contribution is -0.116. The largest absolute Gasteiger partial charge is 0.372 e. The molecule has 0 spiro atoms. The molecule has 9 nitrogen and oxygen atoms in total. The molecule has 0 unspecified atom stereocenters. The van der Waals surface area contributed by atoms with Crippen LogP contribution in [-0.4, -0.2) is 37.7 Å². The Hall–Kier alpha value is -3.36. The van der Waals surface area contributed by atoms with Crippen LogP contribution in [-0.2, 0) is 25.4 Å². The SMILES string of the molecule is CCN(CC)c1ccc(NC(=O)CCCn2cnc3c2c(=O)n(C)c(=O)n3C)cc1. The fourth-order valence-corrected chi connectivity index (χ4v) is 3.54. The zero-order valence-corrected chi connectivity index (χ0v) is 17.9. The molecule has 160 valence electrons. The molecule has 1 amide bonds. The molecule has 0 aliphatic carbocycles. The minimum atomic E-state index is -0.413. The molecule has 0 aliphatic rings. The van der Waals surface area contributed by atoms with Crippen LogP contribution in [0.1, 0.15) is 26.7 Å². The average Bonchev–Trinajstić information content (AvgIpc) is 3.17. The summed E-state index contributed by atoms with van der Waals surface area (Å²) in [7, 11) is 3.03. The molecule has 3 rings (SSSR count). The van der Waals surface area contributed by atoms with Gasteiger partial charge in [-0.05, 0) is 44.5 Å². The minimum absolute atomic E-state index is 0.0877. The van der Waals surface area contributed by atoms with E-state index >= 15 is 0 Å². The molecule has 0 aliphatic heterocycles. The molecule has 30 heavy (non-hydrogen) atoms. The van der Waals surface area contributed by atoms with E-state index in [9.17, 15) is 14.4 Å². The van der Waals surface area contributed by atoms with Crippen LogP contribution in [0.3, 0.4) is 0 Å². The summed E-state index contributed by atoms with van der Waals surface area (Å²) in [5.41, 5.74) is 1.80. The molecule has 2 aromatic heterocycles. The van der Waals surface area contributed by atoms with E-state index in [1.54, 1.807) is 11.6 Å². The monoisotopic (exact) mass is 412 g/mol. The number of amides is 1. The molecule has 1 aromatic carbocycles. The van der Waals surface area contributed by atoms with E-state index in [4.69, 9.17) is 0 Å². The topological polar surface area (TPSA) is 94.2 Å². The molecule has 0 radical (unpaired) electrons. The van der Waals surface area contributed by atoms with Gasteiger partial charge in [-0.15, -0.1) is 0 Å². The first-order valence-electron chi connectivity index (χ1n) is 10.1. The van der Waals surface area contributed by atoms with Crippen LogP contribution in [0.25, 0.3) is 11.2 Å². The summed E-state index contributed by atoms with van der Waals surface area (Å²) < 4.78 is 4.11. The second kappa shape index (κ2) is 8.98. The van der Waals surface area contributed by atoms with Crippen molar-refractivity contribution in [3.8, 4) is 0 Å². The van der Waals surface area contributed by atoms with Crippen LogP contribution in [0.15, 0.2) is 40.2 Å². The molecule has 0 saturated carbocycles. The number of aryl methyl sites for hydroxylation is 2. The molecule has 0 saturated heterocycles. The fraction of sp³-hybridized carbons (Fsp3) is 0.429. The zero-order chi connectivity index (χ0) is 21.8. The molecular formula is C21H28N6O3. The van der Waals surface area contributed by atoms with E-state index in [1.165, 1.54) is 17.9 Å². The smallest absolute Gasteiger partial charge is 0.332 e. The number of hydrogen-bond donors (Lipinski definition) is 1. The second-order valence-corrected chi connectivity index (χ2v) is 7.19. The summed E-state index contributed by atoms with van der Waals surface area (Å²) in [6, 6.07) is 7.80. The van der Waals surface area contributed by atoms with Gasteiger partial charge in [0.2, 0.25) is 5.91 Å². The maximum Gasteiger partial charge on any atom is 0.332 e. The predicted octanol–water partition coefficient (Wildman–Crippen LogP) is 1.70. The summed E-state index contributed by atoms with van der Waals surface area (Å²) >= 11 is 0. The third-order valence-corrected chi connectivity index (χ3v) is 5.30. The van der Waals surface area contributed by atoms with Crippen molar-refractivity contribution < 1.29 is 4.79 Å². The third-order valence-electron chi connectivity index (χ3n) is 5.30. The Labute approximate surface area is 174 Å². The molecule has 1 N–H and O–H groups in total. The van der Waals surface area contributed by atoms with Crippen molar-refractivity contribution in [3.05, 3.63) is 51.4 Å². The number of rotatable bonds is 8. The highest BCUT2D eigenvalue weighted by atomic mass is 16.2. The van der Waals surface area contributed by atoms with Gasteiger partial charge in [0.25, 0.3) is 5.56 Å². The Bertz CT molecular complexity index is 1150. The number of anilines is 2. The number of carbonyl (C=O) groups is 1. The fourth-order valence-electron chi connectivity index (χ4n) is 3.54. The van der Waals surface area contributed by atoms with E-state index in [2.05, 4.69) is 29.0 Å². The van der Waals surface area contributed by atoms with E-state index in [0.29, 0.717) is 30.6 Å².